The van der Waals surface area contributed by atoms with Gasteiger partial charge < -0.3 is 15.7 Å². The molecule has 1 aliphatic heterocycles. The quantitative estimate of drug-likeness (QED) is 0.621. The van der Waals surface area contributed by atoms with E-state index in [0.717, 1.165) is 31.0 Å². The van der Waals surface area contributed by atoms with Crippen molar-refractivity contribution >= 4 is 0 Å². The molecule has 0 bridgehead atoms. The molecule has 2 fully saturated rings. The van der Waals surface area contributed by atoms with Crippen LogP contribution in [0.25, 0.3) is 0 Å². The number of aliphatic hydroxyl groups is 1. The van der Waals surface area contributed by atoms with Crippen molar-refractivity contribution in [2.45, 2.75) is 70.4 Å². The molecule has 4 unspecified atom stereocenters. The van der Waals surface area contributed by atoms with Gasteiger partial charge in [0, 0.05) is 18.7 Å². The summed E-state index contributed by atoms with van der Waals surface area (Å²) in [5.41, 5.74) is 0. The van der Waals surface area contributed by atoms with Crippen molar-refractivity contribution in [3.63, 3.8) is 0 Å². The lowest BCUT2D eigenvalue weighted by Gasteiger charge is -2.36. The molecule has 3 N–H and O–H groups in total. The Morgan fingerprint density at radius 2 is 2.05 bits per heavy atom. The highest BCUT2D eigenvalue weighted by Crippen LogP contribution is 2.30. The Bertz CT molecular complexity index is 241. The molecule has 112 valence electrons. The summed E-state index contributed by atoms with van der Waals surface area (Å²) in [6, 6.07) is 1.50. The van der Waals surface area contributed by atoms with Crippen LogP contribution in [0, 0.1) is 11.8 Å². The number of aliphatic hydroxyl groups excluding tert-OH is 1. The third kappa shape index (κ3) is 4.73. The van der Waals surface area contributed by atoms with Crippen molar-refractivity contribution in [1.82, 2.24) is 10.6 Å². The topological polar surface area (TPSA) is 44.3 Å². The zero-order valence-electron chi connectivity index (χ0n) is 12.5. The fourth-order valence-corrected chi connectivity index (χ4v) is 3.80. The first-order valence-corrected chi connectivity index (χ1v) is 8.39. The summed E-state index contributed by atoms with van der Waals surface area (Å²) in [6.07, 6.45) is 10.7. The molecule has 0 aromatic carbocycles. The van der Waals surface area contributed by atoms with Gasteiger partial charge in [-0.15, -0.1) is 0 Å². The van der Waals surface area contributed by atoms with Gasteiger partial charge in [0.2, 0.25) is 0 Å². The van der Waals surface area contributed by atoms with E-state index in [4.69, 9.17) is 5.11 Å². The standard InChI is InChI=1S/C16H32N2O/c1-13(12-19)6-4-10-17-15-8-3-2-7-14(15)16-9-5-11-18-16/h13-19H,2-12H2,1H3. The molecule has 1 heterocycles. The largest absolute Gasteiger partial charge is 0.396 e. The molecule has 3 nitrogen and oxygen atoms in total. The van der Waals surface area contributed by atoms with Crippen LogP contribution >= 0.6 is 0 Å². The van der Waals surface area contributed by atoms with Crippen LogP contribution in [0.15, 0.2) is 0 Å². The Morgan fingerprint density at radius 3 is 2.79 bits per heavy atom. The highest BCUT2D eigenvalue weighted by atomic mass is 16.3. The summed E-state index contributed by atoms with van der Waals surface area (Å²) in [7, 11) is 0. The van der Waals surface area contributed by atoms with E-state index in [0.29, 0.717) is 12.5 Å². The first-order valence-electron chi connectivity index (χ1n) is 8.39. The van der Waals surface area contributed by atoms with Crippen LogP contribution in [-0.2, 0) is 0 Å². The number of hydrogen-bond donors (Lipinski definition) is 3. The molecular formula is C16H32N2O. The van der Waals surface area contributed by atoms with E-state index < -0.39 is 0 Å². The molecule has 4 atom stereocenters. The second-order valence-corrected chi connectivity index (χ2v) is 6.64. The molecular weight excluding hydrogens is 236 g/mol. The maximum Gasteiger partial charge on any atom is 0.0456 e. The van der Waals surface area contributed by atoms with Gasteiger partial charge in [0.15, 0.2) is 0 Å². The van der Waals surface area contributed by atoms with Gasteiger partial charge in [-0.1, -0.05) is 19.8 Å². The fraction of sp³-hybridized carbons (Fsp3) is 1.00. The molecule has 19 heavy (non-hydrogen) atoms. The summed E-state index contributed by atoms with van der Waals surface area (Å²) in [5.74, 6) is 1.31. The number of hydrogen-bond acceptors (Lipinski definition) is 3. The summed E-state index contributed by atoms with van der Waals surface area (Å²) in [4.78, 5) is 0. The fourth-order valence-electron chi connectivity index (χ4n) is 3.80. The lowest BCUT2D eigenvalue weighted by molar-refractivity contribution is 0.207. The molecule has 2 rings (SSSR count). The van der Waals surface area contributed by atoms with Gasteiger partial charge in [0.05, 0.1) is 0 Å². The summed E-state index contributed by atoms with van der Waals surface area (Å²) in [6.45, 7) is 4.81. The maximum absolute atomic E-state index is 9.04. The SMILES string of the molecule is CC(CO)CCCNC1CCCCC1C1CCCN1. The van der Waals surface area contributed by atoms with Gasteiger partial charge in [0.1, 0.15) is 0 Å². The molecule has 3 heteroatoms. The molecule has 2 aliphatic rings. The Kier molecular flexibility index (Phi) is 6.62. The average Bonchev–Trinajstić information content (AvgIpc) is 2.97. The van der Waals surface area contributed by atoms with E-state index in [1.807, 2.05) is 0 Å². The third-order valence-corrected chi connectivity index (χ3v) is 5.03. The lowest BCUT2D eigenvalue weighted by atomic mass is 9.79. The Hall–Kier alpha value is -0.120. The molecule has 0 radical (unpaired) electrons. The van der Waals surface area contributed by atoms with Crippen LogP contribution in [0.1, 0.15) is 58.3 Å². The Labute approximate surface area is 118 Å². The summed E-state index contributed by atoms with van der Waals surface area (Å²) in [5, 5.41) is 16.5. The van der Waals surface area contributed by atoms with Crippen LogP contribution in [-0.4, -0.2) is 36.9 Å². The molecule has 1 aliphatic carbocycles. The number of rotatable bonds is 7. The van der Waals surface area contributed by atoms with Gasteiger partial charge in [0.25, 0.3) is 0 Å². The summed E-state index contributed by atoms with van der Waals surface area (Å²) >= 11 is 0. The Morgan fingerprint density at radius 1 is 1.21 bits per heavy atom. The predicted octanol–water partition coefficient (Wildman–Crippen LogP) is 2.30. The van der Waals surface area contributed by atoms with Crippen molar-refractivity contribution < 1.29 is 5.11 Å². The monoisotopic (exact) mass is 268 g/mol. The minimum Gasteiger partial charge on any atom is -0.396 e. The molecule has 1 saturated carbocycles. The maximum atomic E-state index is 9.04. The smallest absolute Gasteiger partial charge is 0.0456 e. The van der Waals surface area contributed by atoms with E-state index >= 15 is 0 Å². The highest BCUT2D eigenvalue weighted by molar-refractivity contribution is 4.91. The third-order valence-electron chi connectivity index (χ3n) is 5.03. The minimum atomic E-state index is 0.331. The molecule has 0 spiro atoms. The zero-order valence-corrected chi connectivity index (χ0v) is 12.5. The van der Waals surface area contributed by atoms with Crippen molar-refractivity contribution in [3.05, 3.63) is 0 Å². The van der Waals surface area contributed by atoms with E-state index in [9.17, 15) is 0 Å². The highest BCUT2D eigenvalue weighted by Gasteiger charge is 2.32. The van der Waals surface area contributed by atoms with Crippen LogP contribution in [0.4, 0.5) is 0 Å². The van der Waals surface area contributed by atoms with Crippen LogP contribution in [0.5, 0.6) is 0 Å². The van der Waals surface area contributed by atoms with Gasteiger partial charge in [-0.25, -0.2) is 0 Å². The molecule has 0 amide bonds. The van der Waals surface area contributed by atoms with E-state index in [2.05, 4.69) is 17.6 Å². The van der Waals surface area contributed by atoms with Crippen molar-refractivity contribution in [3.8, 4) is 0 Å². The number of nitrogens with one attached hydrogen (secondary N) is 2. The minimum absolute atomic E-state index is 0.331. The normalized spacial score (nSPS) is 33.5. The first kappa shape index (κ1) is 15.3. The van der Waals surface area contributed by atoms with Crippen molar-refractivity contribution in [2.24, 2.45) is 11.8 Å². The first-order chi connectivity index (χ1) is 9.31. The van der Waals surface area contributed by atoms with Crippen LogP contribution < -0.4 is 10.6 Å². The van der Waals surface area contributed by atoms with E-state index in [-0.39, 0.29) is 0 Å². The van der Waals surface area contributed by atoms with Crippen LogP contribution in [0.3, 0.4) is 0 Å². The predicted molar refractivity (Wildman–Crippen MR) is 80.3 cm³/mol. The second-order valence-electron chi connectivity index (χ2n) is 6.64. The zero-order chi connectivity index (χ0) is 13.5. The van der Waals surface area contributed by atoms with Crippen molar-refractivity contribution in [2.75, 3.05) is 19.7 Å². The average molecular weight is 268 g/mol. The van der Waals surface area contributed by atoms with E-state index in [1.165, 1.54) is 51.5 Å². The lowest BCUT2D eigenvalue weighted by Crippen LogP contribution is -2.47. The van der Waals surface area contributed by atoms with Crippen LogP contribution in [0.2, 0.25) is 0 Å². The van der Waals surface area contributed by atoms with Gasteiger partial charge in [-0.05, 0) is 63.5 Å². The Balaban J connectivity index is 1.70. The molecule has 1 saturated heterocycles. The molecule has 0 aromatic rings. The molecule has 0 aromatic heterocycles. The second kappa shape index (κ2) is 8.23. The van der Waals surface area contributed by atoms with Crippen molar-refractivity contribution in [1.29, 1.82) is 0 Å². The van der Waals surface area contributed by atoms with E-state index in [1.54, 1.807) is 0 Å². The van der Waals surface area contributed by atoms with Gasteiger partial charge in [-0.3, -0.25) is 0 Å². The van der Waals surface area contributed by atoms with Gasteiger partial charge >= 0.3 is 0 Å². The van der Waals surface area contributed by atoms with Gasteiger partial charge in [-0.2, -0.15) is 0 Å². The summed E-state index contributed by atoms with van der Waals surface area (Å²) < 4.78 is 0.